The minimum absolute atomic E-state index is 0.161. The Labute approximate surface area is 120 Å². The molecule has 1 saturated carbocycles. The molecule has 1 fully saturated rings. The van der Waals surface area contributed by atoms with Crippen LogP contribution in [0.15, 0.2) is 10.6 Å². The van der Waals surface area contributed by atoms with E-state index in [0.29, 0.717) is 30.7 Å². The van der Waals surface area contributed by atoms with Gasteiger partial charge in [-0.05, 0) is 18.8 Å². The lowest BCUT2D eigenvalue weighted by molar-refractivity contribution is 0.0940. The maximum absolute atomic E-state index is 11.8. The highest BCUT2D eigenvalue weighted by Crippen LogP contribution is 2.17. The smallest absolute Gasteiger partial charge is 0.273 e. The van der Waals surface area contributed by atoms with Gasteiger partial charge < -0.3 is 15.2 Å². The highest BCUT2D eigenvalue weighted by molar-refractivity contribution is 5.92. The van der Waals surface area contributed by atoms with Gasteiger partial charge in [-0.25, -0.2) is 0 Å². The largest absolute Gasteiger partial charge is 0.359 e. The molecule has 0 aliphatic heterocycles. The summed E-state index contributed by atoms with van der Waals surface area (Å²) >= 11 is 0. The van der Waals surface area contributed by atoms with Crippen LogP contribution in [-0.2, 0) is 6.54 Å². The van der Waals surface area contributed by atoms with Gasteiger partial charge in [0.1, 0.15) is 0 Å². The molecule has 2 rings (SSSR count). The average molecular weight is 279 g/mol. The molecule has 1 aliphatic carbocycles. The van der Waals surface area contributed by atoms with Gasteiger partial charge in [0.2, 0.25) is 0 Å². The molecule has 1 amide bonds. The van der Waals surface area contributed by atoms with Gasteiger partial charge in [-0.15, -0.1) is 0 Å². The number of rotatable bonds is 6. The second-order valence-electron chi connectivity index (χ2n) is 6.00. The van der Waals surface area contributed by atoms with E-state index in [4.69, 9.17) is 4.52 Å². The maximum atomic E-state index is 11.8. The van der Waals surface area contributed by atoms with E-state index in [-0.39, 0.29) is 5.91 Å². The Morgan fingerprint density at radius 3 is 2.85 bits per heavy atom. The Bertz CT molecular complexity index is 423. The van der Waals surface area contributed by atoms with Crippen molar-refractivity contribution in [3.63, 3.8) is 0 Å². The number of carbonyl (C=O) groups is 1. The predicted octanol–water partition coefficient (Wildman–Crippen LogP) is 2.48. The molecule has 0 spiro atoms. The first kappa shape index (κ1) is 15.0. The molecule has 2 N–H and O–H groups in total. The van der Waals surface area contributed by atoms with Crippen molar-refractivity contribution in [3.05, 3.63) is 17.5 Å². The molecule has 1 heterocycles. The number of carbonyl (C=O) groups excluding carboxylic acids is 1. The summed E-state index contributed by atoms with van der Waals surface area (Å²) in [5, 5.41) is 10.1. The minimum atomic E-state index is -0.161. The van der Waals surface area contributed by atoms with Crippen molar-refractivity contribution in [1.29, 1.82) is 0 Å². The molecule has 5 heteroatoms. The van der Waals surface area contributed by atoms with Gasteiger partial charge in [0, 0.05) is 18.7 Å². The first-order valence-electron chi connectivity index (χ1n) is 7.62. The van der Waals surface area contributed by atoms with Crippen molar-refractivity contribution in [3.8, 4) is 0 Å². The van der Waals surface area contributed by atoms with Crippen molar-refractivity contribution in [2.75, 3.05) is 6.54 Å². The molecule has 5 nitrogen and oxygen atoms in total. The Morgan fingerprint density at radius 1 is 1.40 bits per heavy atom. The zero-order valence-corrected chi connectivity index (χ0v) is 12.4. The fourth-order valence-corrected chi connectivity index (χ4v) is 2.44. The van der Waals surface area contributed by atoms with E-state index in [1.807, 2.05) is 0 Å². The molecule has 0 aromatic carbocycles. The van der Waals surface area contributed by atoms with Gasteiger partial charge in [-0.1, -0.05) is 38.3 Å². The first-order chi connectivity index (χ1) is 9.65. The maximum Gasteiger partial charge on any atom is 0.273 e. The molecule has 1 aromatic rings. The Morgan fingerprint density at radius 2 is 2.15 bits per heavy atom. The molecule has 112 valence electrons. The van der Waals surface area contributed by atoms with Crippen molar-refractivity contribution >= 4 is 5.91 Å². The average Bonchev–Trinajstić information content (AvgIpc) is 2.92. The van der Waals surface area contributed by atoms with Crippen LogP contribution in [-0.4, -0.2) is 23.7 Å². The Hall–Kier alpha value is -1.36. The van der Waals surface area contributed by atoms with Crippen LogP contribution >= 0.6 is 0 Å². The number of amides is 1. The lowest BCUT2D eigenvalue weighted by atomic mass is 9.95. The van der Waals surface area contributed by atoms with Crippen LogP contribution in [0.3, 0.4) is 0 Å². The molecule has 0 unspecified atom stereocenters. The van der Waals surface area contributed by atoms with Gasteiger partial charge in [0.05, 0.1) is 6.54 Å². The van der Waals surface area contributed by atoms with E-state index >= 15 is 0 Å². The molecule has 0 atom stereocenters. The Balaban J connectivity index is 1.77. The summed E-state index contributed by atoms with van der Waals surface area (Å²) in [6.45, 7) is 5.42. The molecule has 0 bridgehead atoms. The summed E-state index contributed by atoms with van der Waals surface area (Å²) in [6.07, 6.45) is 6.42. The number of aromatic nitrogens is 1. The second-order valence-corrected chi connectivity index (χ2v) is 6.00. The van der Waals surface area contributed by atoms with E-state index in [2.05, 4.69) is 29.6 Å². The highest BCUT2D eigenvalue weighted by Gasteiger charge is 2.15. The molecule has 0 radical (unpaired) electrons. The topological polar surface area (TPSA) is 67.2 Å². The molecule has 1 aromatic heterocycles. The van der Waals surface area contributed by atoms with Gasteiger partial charge in [-0.2, -0.15) is 0 Å². The SMILES string of the molecule is CC(C)CNC(=O)c1cc(CNC2CCCCC2)on1. The van der Waals surface area contributed by atoms with E-state index in [1.54, 1.807) is 6.07 Å². The number of hydrogen-bond donors (Lipinski definition) is 2. The summed E-state index contributed by atoms with van der Waals surface area (Å²) < 4.78 is 5.21. The zero-order valence-electron chi connectivity index (χ0n) is 12.4. The summed E-state index contributed by atoms with van der Waals surface area (Å²) in [6, 6.07) is 2.30. The van der Waals surface area contributed by atoms with Gasteiger partial charge in [0.25, 0.3) is 5.91 Å². The van der Waals surface area contributed by atoms with Crippen LogP contribution in [0.4, 0.5) is 0 Å². The quantitative estimate of drug-likeness (QED) is 0.839. The molecular formula is C15H25N3O2. The predicted molar refractivity (Wildman–Crippen MR) is 77.4 cm³/mol. The fraction of sp³-hybridized carbons (Fsp3) is 0.733. The summed E-state index contributed by atoms with van der Waals surface area (Å²) in [7, 11) is 0. The summed E-state index contributed by atoms with van der Waals surface area (Å²) in [5.41, 5.74) is 0.367. The van der Waals surface area contributed by atoms with E-state index < -0.39 is 0 Å². The van der Waals surface area contributed by atoms with Crippen LogP contribution in [0.5, 0.6) is 0 Å². The Kier molecular flexibility index (Phi) is 5.59. The standard InChI is InChI=1S/C15H25N3O2/c1-11(2)9-17-15(19)14-8-13(20-18-14)10-16-12-6-4-3-5-7-12/h8,11-12,16H,3-7,9-10H2,1-2H3,(H,17,19). The normalized spacial score (nSPS) is 16.6. The van der Waals surface area contributed by atoms with Gasteiger partial charge >= 0.3 is 0 Å². The molecule has 0 saturated heterocycles. The minimum Gasteiger partial charge on any atom is -0.359 e. The zero-order chi connectivity index (χ0) is 14.4. The van der Waals surface area contributed by atoms with Gasteiger partial charge in [0.15, 0.2) is 11.5 Å². The van der Waals surface area contributed by atoms with Crippen molar-refractivity contribution in [1.82, 2.24) is 15.8 Å². The van der Waals surface area contributed by atoms with Crippen molar-refractivity contribution in [2.24, 2.45) is 5.92 Å². The second kappa shape index (κ2) is 7.43. The lowest BCUT2D eigenvalue weighted by Gasteiger charge is -2.22. The third-order valence-corrected chi connectivity index (χ3v) is 3.63. The third-order valence-electron chi connectivity index (χ3n) is 3.63. The molecular weight excluding hydrogens is 254 g/mol. The number of hydrogen-bond acceptors (Lipinski definition) is 4. The number of nitrogens with one attached hydrogen (secondary N) is 2. The van der Waals surface area contributed by atoms with Crippen molar-refractivity contribution in [2.45, 2.75) is 58.5 Å². The lowest BCUT2D eigenvalue weighted by Crippen LogP contribution is -2.30. The monoisotopic (exact) mass is 279 g/mol. The van der Waals surface area contributed by atoms with E-state index in [9.17, 15) is 4.79 Å². The van der Waals surface area contributed by atoms with Crippen LogP contribution < -0.4 is 10.6 Å². The third kappa shape index (κ3) is 4.63. The van der Waals surface area contributed by atoms with Gasteiger partial charge in [-0.3, -0.25) is 4.79 Å². The molecule has 1 aliphatic rings. The fourth-order valence-electron chi connectivity index (χ4n) is 2.44. The first-order valence-corrected chi connectivity index (χ1v) is 7.62. The van der Waals surface area contributed by atoms with Crippen LogP contribution in [0.1, 0.15) is 62.2 Å². The molecule has 20 heavy (non-hydrogen) atoms. The van der Waals surface area contributed by atoms with Crippen molar-refractivity contribution < 1.29 is 9.32 Å². The van der Waals surface area contributed by atoms with E-state index in [0.717, 1.165) is 5.76 Å². The van der Waals surface area contributed by atoms with Crippen LogP contribution in [0, 0.1) is 5.92 Å². The van der Waals surface area contributed by atoms with Crippen LogP contribution in [0.25, 0.3) is 0 Å². The highest BCUT2D eigenvalue weighted by atomic mass is 16.5. The number of nitrogens with zero attached hydrogens (tertiary/aromatic N) is 1. The summed E-state index contributed by atoms with van der Waals surface area (Å²) in [5.74, 6) is 0.995. The van der Waals surface area contributed by atoms with Crippen LogP contribution in [0.2, 0.25) is 0 Å². The van der Waals surface area contributed by atoms with E-state index in [1.165, 1.54) is 32.1 Å². The summed E-state index contributed by atoms with van der Waals surface area (Å²) in [4.78, 5) is 11.8.